The summed E-state index contributed by atoms with van der Waals surface area (Å²) in [5.74, 6) is -0.469. The van der Waals surface area contributed by atoms with E-state index in [1.54, 1.807) is 0 Å². The minimum absolute atomic E-state index is 0.0171. The molecule has 1 amide bonds. The maximum Gasteiger partial charge on any atom is 0.306 e. The fourth-order valence-corrected chi connectivity index (χ4v) is 3.71. The summed E-state index contributed by atoms with van der Waals surface area (Å²) in [6, 6.07) is -0.0171. The van der Waals surface area contributed by atoms with Crippen LogP contribution in [0.5, 0.6) is 0 Å². The van der Waals surface area contributed by atoms with Gasteiger partial charge in [-0.1, -0.05) is 26.7 Å². The predicted molar refractivity (Wildman–Crippen MR) is 83.5 cm³/mol. The van der Waals surface area contributed by atoms with E-state index in [0.717, 1.165) is 19.3 Å². The first kappa shape index (κ1) is 17.3. The number of aliphatic carboxylic acids is 1. The maximum atomic E-state index is 12.4. The summed E-state index contributed by atoms with van der Waals surface area (Å²) >= 11 is 0. The number of carbonyl (C=O) groups excluding carboxylic acids is 1. The molecular formula is C17H29NO4. The zero-order valence-corrected chi connectivity index (χ0v) is 13.7. The average molecular weight is 311 g/mol. The van der Waals surface area contributed by atoms with Crippen molar-refractivity contribution in [2.75, 3.05) is 0 Å². The van der Waals surface area contributed by atoms with Crippen molar-refractivity contribution in [1.29, 1.82) is 0 Å². The van der Waals surface area contributed by atoms with Gasteiger partial charge < -0.3 is 15.2 Å². The highest BCUT2D eigenvalue weighted by atomic mass is 16.5. The standard InChI is InChI=1S/C17H29NO4/c1-3-15(22-14-6-4-5-11(2)9-14)16(19)18-13-8-7-12(10-13)17(20)21/h11-15H,3-10H2,1-2H3,(H,18,19)(H,20,21)/t11?,12-,13+,14?,15?/m1/s1. The summed E-state index contributed by atoms with van der Waals surface area (Å²) in [6.45, 7) is 4.20. The number of hydrogen-bond donors (Lipinski definition) is 2. The molecule has 5 heteroatoms. The molecule has 0 aromatic rings. The second-order valence-electron chi connectivity index (χ2n) is 6.98. The van der Waals surface area contributed by atoms with Crippen molar-refractivity contribution < 1.29 is 19.4 Å². The molecule has 2 rings (SSSR count). The SMILES string of the molecule is CCC(OC1CCCC(C)C1)C(=O)N[C@H]1CC[C@@H](C(=O)O)C1. The van der Waals surface area contributed by atoms with Crippen molar-refractivity contribution in [2.24, 2.45) is 11.8 Å². The summed E-state index contributed by atoms with van der Waals surface area (Å²) in [7, 11) is 0. The molecule has 2 fully saturated rings. The van der Waals surface area contributed by atoms with Gasteiger partial charge in [0, 0.05) is 6.04 Å². The van der Waals surface area contributed by atoms with Crippen LogP contribution in [-0.2, 0) is 14.3 Å². The minimum Gasteiger partial charge on any atom is -0.481 e. The lowest BCUT2D eigenvalue weighted by Crippen LogP contribution is -2.43. The molecule has 126 valence electrons. The number of amides is 1. The highest BCUT2D eigenvalue weighted by Gasteiger charge is 2.32. The second kappa shape index (κ2) is 7.95. The molecule has 2 N–H and O–H groups in total. The van der Waals surface area contributed by atoms with Crippen molar-refractivity contribution >= 4 is 11.9 Å². The Balaban J connectivity index is 1.80. The Morgan fingerprint density at radius 2 is 2.00 bits per heavy atom. The molecule has 22 heavy (non-hydrogen) atoms. The lowest BCUT2D eigenvalue weighted by Gasteiger charge is -2.30. The Hall–Kier alpha value is -1.10. The summed E-state index contributed by atoms with van der Waals surface area (Å²) < 4.78 is 6.03. The zero-order chi connectivity index (χ0) is 16.1. The summed E-state index contributed by atoms with van der Waals surface area (Å²) in [5.41, 5.74) is 0. The van der Waals surface area contributed by atoms with E-state index in [4.69, 9.17) is 9.84 Å². The van der Waals surface area contributed by atoms with Crippen LogP contribution < -0.4 is 5.32 Å². The van der Waals surface area contributed by atoms with Gasteiger partial charge in [0.05, 0.1) is 12.0 Å². The second-order valence-corrected chi connectivity index (χ2v) is 6.98. The molecular weight excluding hydrogens is 282 g/mol. The van der Waals surface area contributed by atoms with E-state index < -0.39 is 12.1 Å². The van der Waals surface area contributed by atoms with Crippen molar-refractivity contribution in [2.45, 2.75) is 83.5 Å². The van der Waals surface area contributed by atoms with Gasteiger partial charge in [0.15, 0.2) is 0 Å². The molecule has 0 bridgehead atoms. The van der Waals surface area contributed by atoms with Crippen LogP contribution in [0.2, 0.25) is 0 Å². The monoisotopic (exact) mass is 311 g/mol. The minimum atomic E-state index is -0.753. The average Bonchev–Trinajstić information content (AvgIpc) is 2.93. The van der Waals surface area contributed by atoms with Crippen LogP contribution in [0.15, 0.2) is 0 Å². The Bertz CT molecular complexity index is 398. The third-order valence-corrected chi connectivity index (χ3v) is 5.04. The highest BCUT2D eigenvalue weighted by Crippen LogP contribution is 2.28. The number of ether oxygens (including phenoxy) is 1. The smallest absolute Gasteiger partial charge is 0.306 e. The van der Waals surface area contributed by atoms with Gasteiger partial charge in [0.2, 0.25) is 5.91 Å². The van der Waals surface area contributed by atoms with Crippen LogP contribution in [0.25, 0.3) is 0 Å². The van der Waals surface area contributed by atoms with Gasteiger partial charge >= 0.3 is 5.97 Å². The summed E-state index contributed by atoms with van der Waals surface area (Å²) in [5, 5.41) is 12.0. The number of rotatable bonds is 6. The van der Waals surface area contributed by atoms with Gasteiger partial charge in [-0.25, -0.2) is 0 Å². The lowest BCUT2D eigenvalue weighted by molar-refractivity contribution is -0.142. The third-order valence-electron chi connectivity index (χ3n) is 5.04. The van der Waals surface area contributed by atoms with Gasteiger partial charge in [-0.3, -0.25) is 9.59 Å². The molecule has 0 heterocycles. The van der Waals surface area contributed by atoms with E-state index in [1.165, 1.54) is 12.8 Å². The predicted octanol–water partition coefficient (Wildman–Crippen LogP) is 2.73. The van der Waals surface area contributed by atoms with Crippen LogP contribution in [0, 0.1) is 11.8 Å². The molecule has 0 aliphatic heterocycles. The van der Waals surface area contributed by atoms with E-state index in [0.29, 0.717) is 25.2 Å². The van der Waals surface area contributed by atoms with Crippen molar-refractivity contribution in [3.05, 3.63) is 0 Å². The van der Waals surface area contributed by atoms with Crippen molar-refractivity contribution in [3.8, 4) is 0 Å². The Morgan fingerprint density at radius 1 is 1.23 bits per heavy atom. The van der Waals surface area contributed by atoms with E-state index in [9.17, 15) is 9.59 Å². The Kier molecular flexibility index (Phi) is 6.24. The first-order valence-electron chi connectivity index (χ1n) is 8.68. The maximum absolute atomic E-state index is 12.4. The molecule has 0 radical (unpaired) electrons. The van der Waals surface area contributed by atoms with Crippen molar-refractivity contribution in [1.82, 2.24) is 5.32 Å². The number of nitrogens with one attached hydrogen (secondary N) is 1. The third kappa shape index (κ3) is 4.70. The molecule has 2 saturated carbocycles. The van der Waals surface area contributed by atoms with Crippen LogP contribution in [0.3, 0.4) is 0 Å². The molecule has 0 saturated heterocycles. The highest BCUT2D eigenvalue weighted by molar-refractivity contribution is 5.81. The van der Waals surface area contributed by atoms with Crippen molar-refractivity contribution in [3.63, 3.8) is 0 Å². The Morgan fingerprint density at radius 3 is 2.59 bits per heavy atom. The van der Waals surface area contributed by atoms with Crippen LogP contribution in [0.1, 0.15) is 65.2 Å². The largest absolute Gasteiger partial charge is 0.481 e. The van der Waals surface area contributed by atoms with E-state index in [2.05, 4.69) is 12.2 Å². The van der Waals surface area contributed by atoms with E-state index in [-0.39, 0.29) is 24.0 Å². The van der Waals surface area contributed by atoms with E-state index >= 15 is 0 Å². The van der Waals surface area contributed by atoms with Gasteiger partial charge in [-0.2, -0.15) is 0 Å². The van der Waals surface area contributed by atoms with Crippen LogP contribution >= 0.6 is 0 Å². The molecule has 3 unspecified atom stereocenters. The zero-order valence-electron chi connectivity index (χ0n) is 13.7. The molecule has 2 aliphatic carbocycles. The fourth-order valence-electron chi connectivity index (χ4n) is 3.71. The van der Waals surface area contributed by atoms with Gasteiger partial charge in [-0.05, 0) is 44.4 Å². The molecule has 0 aromatic heterocycles. The first-order valence-corrected chi connectivity index (χ1v) is 8.68. The molecule has 2 aliphatic rings. The number of carbonyl (C=O) groups is 2. The quantitative estimate of drug-likeness (QED) is 0.791. The van der Waals surface area contributed by atoms with Gasteiger partial charge in [-0.15, -0.1) is 0 Å². The number of hydrogen-bond acceptors (Lipinski definition) is 3. The van der Waals surface area contributed by atoms with Crippen LogP contribution in [-0.4, -0.2) is 35.2 Å². The Labute approximate surface area is 132 Å². The summed E-state index contributed by atoms with van der Waals surface area (Å²) in [6.07, 6.45) is 6.89. The summed E-state index contributed by atoms with van der Waals surface area (Å²) in [4.78, 5) is 23.4. The van der Waals surface area contributed by atoms with Crippen LogP contribution in [0.4, 0.5) is 0 Å². The lowest BCUT2D eigenvalue weighted by atomic mass is 9.88. The fraction of sp³-hybridized carbons (Fsp3) is 0.882. The topological polar surface area (TPSA) is 75.6 Å². The van der Waals surface area contributed by atoms with E-state index in [1.807, 2.05) is 6.92 Å². The molecule has 5 nitrogen and oxygen atoms in total. The molecule has 5 atom stereocenters. The number of carboxylic acid groups (broad SMARTS) is 1. The van der Waals surface area contributed by atoms with Gasteiger partial charge in [0.25, 0.3) is 0 Å². The normalized spacial score (nSPS) is 33.4. The molecule has 0 spiro atoms. The molecule has 0 aromatic carbocycles. The first-order chi connectivity index (χ1) is 10.5. The number of carboxylic acids is 1. The van der Waals surface area contributed by atoms with Gasteiger partial charge in [0.1, 0.15) is 6.10 Å².